The molecule has 1 aromatic carbocycles. The molecule has 0 saturated carbocycles. The quantitative estimate of drug-likeness (QED) is 0.787. The fraction of sp³-hybridized carbons (Fsp3) is 0.308. The van der Waals surface area contributed by atoms with Crippen LogP contribution in [0.15, 0.2) is 36.7 Å². The number of nitrogens with two attached hydrogens (primary N) is 1. The monoisotopic (exact) mass is 231 g/mol. The van der Waals surface area contributed by atoms with E-state index in [9.17, 15) is 5.11 Å². The van der Waals surface area contributed by atoms with Crippen LogP contribution in [0.5, 0.6) is 0 Å². The van der Waals surface area contributed by atoms with Gasteiger partial charge in [-0.15, -0.1) is 0 Å². The van der Waals surface area contributed by atoms with Crippen LogP contribution in [0.2, 0.25) is 0 Å². The minimum atomic E-state index is -0.448. The van der Waals surface area contributed by atoms with E-state index in [0.717, 1.165) is 17.5 Å². The highest BCUT2D eigenvalue weighted by molar-refractivity contribution is 5.39. The van der Waals surface area contributed by atoms with Crippen LogP contribution in [-0.2, 0) is 13.5 Å². The molecule has 0 fully saturated rings. The fourth-order valence-electron chi connectivity index (χ4n) is 1.79. The molecule has 17 heavy (non-hydrogen) atoms. The number of hydrogen-bond donors (Lipinski definition) is 2. The van der Waals surface area contributed by atoms with Gasteiger partial charge in [0.2, 0.25) is 0 Å². The van der Waals surface area contributed by atoms with Gasteiger partial charge in [0.25, 0.3) is 0 Å². The smallest absolute Gasteiger partial charge is 0.0793 e. The number of aryl methyl sites for hydroxylation is 2. The van der Waals surface area contributed by atoms with Gasteiger partial charge in [-0.1, -0.05) is 12.1 Å². The van der Waals surface area contributed by atoms with E-state index in [1.54, 1.807) is 4.68 Å². The molecule has 2 aromatic rings. The number of nitrogens with zero attached hydrogens (tertiary/aromatic N) is 2. The second-order valence-corrected chi connectivity index (χ2v) is 4.24. The molecule has 4 nitrogen and oxygen atoms in total. The standard InChI is InChI=1S/C13H17N3O/c1-16-9-10(8-15-16)2-7-13(17)11-3-5-12(14)6-4-11/h3-6,8-9,13,17H,2,7,14H2,1H3. The summed E-state index contributed by atoms with van der Waals surface area (Å²) in [7, 11) is 1.89. The zero-order chi connectivity index (χ0) is 12.3. The van der Waals surface area contributed by atoms with Gasteiger partial charge in [-0.25, -0.2) is 0 Å². The molecule has 90 valence electrons. The topological polar surface area (TPSA) is 64.1 Å². The Kier molecular flexibility index (Phi) is 3.44. The Morgan fingerprint density at radius 1 is 1.35 bits per heavy atom. The summed E-state index contributed by atoms with van der Waals surface area (Å²) in [4.78, 5) is 0. The predicted octanol–water partition coefficient (Wildman–Crippen LogP) is 1.67. The minimum absolute atomic E-state index is 0.448. The lowest BCUT2D eigenvalue weighted by Gasteiger charge is -2.10. The van der Waals surface area contributed by atoms with Crippen molar-refractivity contribution in [2.75, 3.05) is 5.73 Å². The van der Waals surface area contributed by atoms with Crippen LogP contribution in [0.3, 0.4) is 0 Å². The maximum atomic E-state index is 10.0. The molecular weight excluding hydrogens is 214 g/mol. The van der Waals surface area contributed by atoms with Gasteiger partial charge in [0.05, 0.1) is 12.3 Å². The van der Waals surface area contributed by atoms with E-state index < -0.39 is 6.10 Å². The molecule has 1 unspecified atom stereocenters. The molecule has 0 spiro atoms. The highest BCUT2D eigenvalue weighted by Gasteiger charge is 2.08. The van der Waals surface area contributed by atoms with E-state index in [-0.39, 0.29) is 0 Å². The predicted molar refractivity (Wildman–Crippen MR) is 67.3 cm³/mol. The van der Waals surface area contributed by atoms with Crippen LogP contribution >= 0.6 is 0 Å². The highest BCUT2D eigenvalue weighted by Crippen LogP contribution is 2.19. The number of benzene rings is 1. The molecule has 4 heteroatoms. The molecule has 1 heterocycles. The van der Waals surface area contributed by atoms with Crippen LogP contribution in [0.25, 0.3) is 0 Å². The first-order chi connectivity index (χ1) is 8.15. The Balaban J connectivity index is 1.93. The third-order valence-electron chi connectivity index (χ3n) is 2.79. The average Bonchev–Trinajstić information content (AvgIpc) is 2.73. The lowest BCUT2D eigenvalue weighted by Crippen LogP contribution is -1.99. The number of nitrogen functional groups attached to an aromatic ring is 1. The Morgan fingerprint density at radius 2 is 2.06 bits per heavy atom. The SMILES string of the molecule is Cn1cc(CCC(O)c2ccc(N)cc2)cn1. The van der Waals surface area contributed by atoms with Crippen LogP contribution in [0, 0.1) is 0 Å². The Hall–Kier alpha value is -1.81. The van der Waals surface area contributed by atoms with Crippen molar-refractivity contribution in [2.45, 2.75) is 18.9 Å². The summed E-state index contributed by atoms with van der Waals surface area (Å²) in [5.74, 6) is 0. The molecule has 1 aromatic heterocycles. The van der Waals surface area contributed by atoms with Gasteiger partial charge in [0.1, 0.15) is 0 Å². The van der Waals surface area contributed by atoms with Crippen LogP contribution in [-0.4, -0.2) is 14.9 Å². The summed E-state index contributed by atoms with van der Waals surface area (Å²) >= 11 is 0. The number of anilines is 1. The molecule has 1 atom stereocenters. The normalized spacial score (nSPS) is 12.6. The number of aliphatic hydroxyl groups excluding tert-OH is 1. The van der Waals surface area contributed by atoms with Gasteiger partial charge in [-0.05, 0) is 36.1 Å². The first-order valence-electron chi connectivity index (χ1n) is 5.66. The van der Waals surface area contributed by atoms with E-state index in [1.807, 2.05) is 43.7 Å². The van der Waals surface area contributed by atoms with E-state index >= 15 is 0 Å². The first-order valence-corrected chi connectivity index (χ1v) is 5.66. The Labute approximate surface area is 101 Å². The third kappa shape index (κ3) is 3.07. The van der Waals surface area contributed by atoms with Crippen molar-refractivity contribution < 1.29 is 5.11 Å². The highest BCUT2D eigenvalue weighted by atomic mass is 16.3. The van der Waals surface area contributed by atoms with Gasteiger partial charge < -0.3 is 10.8 Å². The maximum Gasteiger partial charge on any atom is 0.0793 e. The summed E-state index contributed by atoms with van der Waals surface area (Å²) in [5.41, 5.74) is 8.36. The molecule has 0 aliphatic carbocycles. The van der Waals surface area contributed by atoms with Crippen molar-refractivity contribution >= 4 is 5.69 Å². The van der Waals surface area contributed by atoms with Gasteiger partial charge in [-0.3, -0.25) is 4.68 Å². The number of aliphatic hydroxyl groups is 1. The first kappa shape index (κ1) is 11.7. The van der Waals surface area contributed by atoms with E-state index in [2.05, 4.69) is 5.10 Å². The fourth-order valence-corrected chi connectivity index (χ4v) is 1.79. The second-order valence-electron chi connectivity index (χ2n) is 4.24. The maximum absolute atomic E-state index is 10.0. The van der Waals surface area contributed by atoms with Crippen molar-refractivity contribution in [3.8, 4) is 0 Å². The van der Waals surface area contributed by atoms with Gasteiger partial charge in [-0.2, -0.15) is 5.10 Å². The summed E-state index contributed by atoms with van der Waals surface area (Å²) < 4.78 is 1.77. The zero-order valence-corrected chi connectivity index (χ0v) is 9.87. The van der Waals surface area contributed by atoms with Crippen LogP contribution in [0.4, 0.5) is 5.69 Å². The van der Waals surface area contributed by atoms with Crippen molar-refractivity contribution in [1.29, 1.82) is 0 Å². The lowest BCUT2D eigenvalue weighted by atomic mass is 10.0. The molecule has 2 rings (SSSR count). The summed E-state index contributed by atoms with van der Waals surface area (Å²) in [6, 6.07) is 7.34. The van der Waals surface area contributed by atoms with E-state index in [4.69, 9.17) is 5.73 Å². The minimum Gasteiger partial charge on any atom is -0.399 e. The Bertz CT molecular complexity index is 476. The molecule has 0 saturated heterocycles. The zero-order valence-electron chi connectivity index (χ0n) is 9.87. The van der Waals surface area contributed by atoms with Gasteiger partial charge in [0, 0.05) is 18.9 Å². The van der Waals surface area contributed by atoms with Crippen LogP contribution in [0.1, 0.15) is 23.7 Å². The molecule has 3 N–H and O–H groups in total. The Morgan fingerprint density at radius 3 is 2.65 bits per heavy atom. The average molecular weight is 231 g/mol. The van der Waals surface area contributed by atoms with E-state index in [1.165, 1.54) is 0 Å². The molecule has 0 radical (unpaired) electrons. The lowest BCUT2D eigenvalue weighted by molar-refractivity contribution is 0.168. The molecule has 0 bridgehead atoms. The van der Waals surface area contributed by atoms with E-state index in [0.29, 0.717) is 12.1 Å². The number of rotatable bonds is 4. The van der Waals surface area contributed by atoms with Crippen molar-refractivity contribution in [3.05, 3.63) is 47.8 Å². The van der Waals surface area contributed by atoms with Crippen LogP contribution < -0.4 is 5.73 Å². The summed E-state index contributed by atoms with van der Waals surface area (Å²) in [6.07, 6.45) is 4.86. The molecule has 0 aliphatic heterocycles. The largest absolute Gasteiger partial charge is 0.399 e. The van der Waals surface area contributed by atoms with Gasteiger partial charge >= 0.3 is 0 Å². The summed E-state index contributed by atoms with van der Waals surface area (Å²) in [5, 5.41) is 14.1. The third-order valence-corrected chi connectivity index (χ3v) is 2.79. The van der Waals surface area contributed by atoms with Crippen molar-refractivity contribution in [1.82, 2.24) is 9.78 Å². The molecule has 0 aliphatic rings. The number of aromatic nitrogens is 2. The number of hydrogen-bond acceptors (Lipinski definition) is 3. The second kappa shape index (κ2) is 5.01. The molecular formula is C13H17N3O. The summed E-state index contributed by atoms with van der Waals surface area (Å²) in [6.45, 7) is 0. The van der Waals surface area contributed by atoms with Gasteiger partial charge in [0.15, 0.2) is 0 Å². The van der Waals surface area contributed by atoms with Crippen molar-refractivity contribution in [2.24, 2.45) is 7.05 Å². The molecule has 0 amide bonds. The van der Waals surface area contributed by atoms with Crippen molar-refractivity contribution in [3.63, 3.8) is 0 Å².